The molecule has 10 heteroatoms. The third kappa shape index (κ3) is 4.77. The number of benzene rings is 4. The largest absolute Gasteiger partial charge is 0.494 e. The van der Waals surface area contributed by atoms with Crippen LogP contribution in [-0.4, -0.2) is 58.9 Å². The number of rotatable bonds is 8. The molecule has 4 amide bonds. The fraction of sp³-hybridized carbons (Fsp3) is 0.300. The fourth-order valence-corrected chi connectivity index (χ4v) is 8.25. The van der Waals surface area contributed by atoms with Crippen molar-refractivity contribution >= 4 is 35.0 Å². The number of carbonyl (C=O) groups is 4. The molecular weight excluding hydrogens is 632 g/mol. The SMILES string of the molecule is CCOc1ccc(N2C(=O)C3C(C2=O)N2C(c4ccc(C)cc4)C4C(=O)N(c5ccc(OCC)cc5)C(=O)C4N2C3c2ccc(C)cc2)cc1. The number of hydrogen-bond donors (Lipinski definition) is 0. The molecule has 6 unspecified atom stereocenters. The maximum absolute atomic E-state index is 14.7. The van der Waals surface area contributed by atoms with E-state index in [0.717, 1.165) is 22.3 Å². The molecule has 6 atom stereocenters. The maximum Gasteiger partial charge on any atom is 0.253 e. The molecule has 0 aromatic heterocycles. The van der Waals surface area contributed by atoms with Gasteiger partial charge in [-0.3, -0.25) is 19.2 Å². The molecule has 4 fully saturated rings. The Morgan fingerprint density at radius 1 is 0.460 bits per heavy atom. The number of aryl methyl sites for hydroxylation is 2. The zero-order valence-electron chi connectivity index (χ0n) is 28.4. The number of ether oxygens (including phenoxy) is 2. The third-order valence-electron chi connectivity index (χ3n) is 10.4. The van der Waals surface area contributed by atoms with Crippen molar-refractivity contribution in [3.05, 3.63) is 119 Å². The molecule has 254 valence electrons. The summed E-state index contributed by atoms with van der Waals surface area (Å²) in [7, 11) is 0. The van der Waals surface area contributed by atoms with Gasteiger partial charge in [0.25, 0.3) is 11.8 Å². The van der Waals surface area contributed by atoms with Gasteiger partial charge in [0.1, 0.15) is 23.6 Å². The van der Waals surface area contributed by atoms with E-state index in [2.05, 4.69) is 0 Å². The van der Waals surface area contributed by atoms with Gasteiger partial charge in [0.15, 0.2) is 0 Å². The van der Waals surface area contributed by atoms with Crippen molar-refractivity contribution in [2.24, 2.45) is 11.8 Å². The Morgan fingerprint density at radius 2 is 0.800 bits per heavy atom. The Morgan fingerprint density at radius 3 is 1.12 bits per heavy atom. The van der Waals surface area contributed by atoms with Crippen LogP contribution in [0, 0.1) is 25.7 Å². The van der Waals surface area contributed by atoms with Crippen LogP contribution in [0.4, 0.5) is 11.4 Å². The number of imide groups is 2. The summed E-state index contributed by atoms with van der Waals surface area (Å²) in [6.07, 6.45) is 0. The van der Waals surface area contributed by atoms with Crippen molar-refractivity contribution in [1.82, 2.24) is 10.0 Å². The lowest BCUT2D eigenvalue weighted by atomic mass is 9.84. The van der Waals surface area contributed by atoms with Gasteiger partial charge in [0, 0.05) is 0 Å². The number of hydrazine groups is 1. The van der Waals surface area contributed by atoms with E-state index in [9.17, 15) is 19.2 Å². The first-order chi connectivity index (χ1) is 24.2. The van der Waals surface area contributed by atoms with Crippen LogP contribution >= 0.6 is 0 Å². The molecule has 4 aliphatic heterocycles. The molecule has 4 saturated heterocycles. The molecule has 4 aliphatic rings. The second kappa shape index (κ2) is 12.2. The predicted molar refractivity (Wildman–Crippen MR) is 186 cm³/mol. The van der Waals surface area contributed by atoms with E-state index in [4.69, 9.17) is 9.47 Å². The lowest BCUT2D eigenvalue weighted by Gasteiger charge is -2.35. The number of carbonyl (C=O) groups excluding carboxylic acids is 4. The molecule has 0 spiro atoms. The van der Waals surface area contributed by atoms with Crippen LogP contribution in [0.3, 0.4) is 0 Å². The molecule has 0 N–H and O–H groups in total. The van der Waals surface area contributed by atoms with Gasteiger partial charge in [-0.2, -0.15) is 0 Å². The Balaban J connectivity index is 1.28. The standard InChI is InChI=1S/C40H38N4O6/c1-5-49-29-19-15-27(16-20-29)41-37(45)31-33(25-11-7-23(3)8-12-25)44-36-32(34(43(44)35(31)39(41)47)26-13-9-24(4)10-14-26)38(46)42(40(36)48)28-17-21-30(22-18-28)50-6-2/h7-22,31-36H,5-6H2,1-4H3. The molecule has 0 aliphatic carbocycles. The van der Waals surface area contributed by atoms with Crippen molar-refractivity contribution in [3.8, 4) is 11.5 Å². The van der Waals surface area contributed by atoms with Crippen LogP contribution in [0.25, 0.3) is 0 Å². The Kier molecular flexibility index (Phi) is 7.80. The number of fused-ring (bicyclic) bond motifs is 5. The molecule has 8 rings (SSSR count). The van der Waals surface area contributed by atoms with Crippen LogP contribution in [0.15, 0.2) is 97.1 Å². The molecular formula is C40H38N4O6. The van der Waals surface area contributed by atoms with Crippen LogP contribution in [0.5, 0.6) is 11.5 Å². The summed E-state index contributed by atoms with van der Waals surface area (Å²) in [4.78, 5) is 61.2. The number of anilines is 2. The van der Waals surface area contributed by atoms with Gasteiger partial charge in [0.05, 0.1) is 48.5 Å². The monoisotopic (exact) mass is 670 g/mol. The number of amides is 4. The molecule has 0 saturated carbocycles. The van der Waals surface area contributed by atoms with Crippen molar-refractivity contribution in [3.63, 3.8) is 0 Å². The summed E-state index contributed by atoms with van der Waals surface area (Å²) in [5, 5.41) is 3.80. The van der Waals surface area contributed by atoms with E-state index in [0.29, 0.717) is 36.1 Å². The first kappa shape index (κ1) is 31.9. The van der Waals surface area contributed by atoms with Gasteiger partial charge in [-0.05, 0) is 87.4 Å². The minimum absolute atomic E-state index is 0.344. The molecule has 50 heavy (non-hydrogen) atoms. The van der Waals surface area contributed by atoms with Crippen molar-refractivity contribution < 1.29 is 28.7 Å². The molecule has 4 aromatic carbocycles. The van der Waals surface area contributed by atoms with Crippen molar-refractivity contribution in [1.29, 1.82) is 0 Å². The van der Waals surface area contributed by atoms with Crippen LogP contribution in [0.2, 0.25) is 0 Å². The van der Waals surface area contributed by atoms with Gasteiger partial charge in [-0.1, -0.05) is 59.7 Å². The molecule has 10 nitrogen and oxygen atoms in total. The molecule has 4 heterocycles. The minimum atomic E-state index is -0.934. The topological polar surface area (TPSA) is 99.7 Å². The average molecular weight is 671 g/mol. The van der Waals surface area contributed by atoms with Crippen LogP contribution in [-0.2, 0) is 19.2 Å². The summed E-state index contributed by atoms with van der Waals surface area (Å²) in [5.74, 6) is -1.83. The van der Waals surface area contributed by atoms with E-state index in [1.54, 1.807) is 48.5 Å². The van der Waals surface area contributed by atoms with Gasteiger partial charge >= 0.3 is 0 Å². The average Bonchev–Trinajstić information content (AvgIpc) is 3.78. The Bertz CT molecular complexity index is 1830. The smallest absolute Gasteiger partial charge is 0.253 e. The molecule has 4 aromatic rings. The first-order valence-corrected chi connectivity index (χ1v) is 17.1. The van der Waals surface area contributed by atoms with E-state index < -0.39 is 36.0 Å². The summed E-state index contributed by atoms with van der Waals surface area (Å²) in [6.45, 7) is 8.73. The highest BCUT2D eigenvalue weighted by atomic mass is 16.5. The normalized spacial score (nSPS) is 26.1. The van der Waals surface area contributed by atoms with Gasteiger partial charge in [-0.25, -0.2) is 19.8 Å². The minimum Gasteiger partial charge on any atom is -0.494 e. The zero-order valence-corrected chi connectivity index (χ0v) is 28.4. The highest BCUT2D eigenvalue weighted by molar-refractivity contribution is 6.26. The summed E-state index contributed by atoms with van der Waals surface area (Å²) in [6, 6.07) is 26.4. The zero-order chi connectivity index (χ0) is 34.8. The summed E-state index contributed by atoms with van der Waals surface area (Å²) < 4.78 is 11.2. The summed E-state index contributed by atoms with van der Waals surface area (Å²) >= 11 is 0. The maximum atomic E-state index is 14.7. The van der Waals surface area contributed by atoms with Crippen LogP contribution < -0.4 is 19.3 Å². The van der Waals surface area contributed by atoms with Gasteiger partial charge in [-0.15, -0.1) is 0 Å². The quantitative estimate of drug-likeness (QED) is 0.225. The molecule has 0 radical (unpaired) electrons. The van der Waals surface area contributed by atoms with Gasteiger partial charge < -0.3 is 9.47 Å². The number of nitrogens with zero attached hydrogens (tertiary/aromatic N) is 4. The molecule has 0 bridgehead atoms. The lowest BCUT2D eigenvalue weighted by molar-refractivity contribution is -0.136. The number of hydrogen-bond acceptors (Lipinski definition) is 8. The van der Waals surface area contributed by atoms with Gasteiger partial charge in [0.2, 0.25) is 11.8 Å². The van der Waals surface area contributed by atoms with E-state index in [1.165, 1.54) is 9.80 Å². The third-order valence-corrected chi connectivity index (χ3v) is 10.4. The van der Waals surface area contributed by atoms with Crippen LogP contribution in [0.1, 0.15) is 48.2 Å². The fourth-order valence-electron chi connectivity index (χ4n) is 8.25. The summed E-state index contributed by atoms with van der Waals surface area (Å²) in [5.41, 5.74) is 4.57. The predicted octanol–water partition coefficient (Wildman–Crippen LogP) is 5.55. The van der Waals surface area contributed by atoms with Crippen molar-refractivity contribution in [2.75, 3.05) is 23.0 Å². The van der Waals surface area contributed by atoms with E-state index in [-0.39, 0.29) is 23.6 Å². The Hall–Kier alpha value is -5.32. The lowest BCUT2D eigenvalue weighted by Crippen LogP contribution is -2.50. The van der Waals surface area contributed by atoms with E-state index >= 15 is 0 Å². The second-order valence-corrected chi connectivity index (χ2v) is 13.3. The highest BCUT2D eigenvalue weighted by Gasteiger charge is 2.73. The van der Waals surface area contributed by atoms with E-state index in [1.807, 2.05) is 86.2 Å². The first-order valence-electron chi connectivity index (χ1n) is 17.1. The second-order valence-electron chi connectivity index (χ2n) is 13.3. The highest BCUT2D eigenvalue weighted by Crippen LogP contribution is 2.59. The van der Waals surface area contributed by atoms with Crippen molar-refractivity contribution in [2.45, 2.75) is 51.9 Å². The Labute approximate surface area is 290 Å².